The standard InChI is InChI=1S/C15H22N2O3/c1-17-12-3-2-4-13(17)7-11(6-12)16-8-14-5-10(9-20-14)15(18)19/h5,9,11-13,16H,2-4,6-8H2,1H3,(H,18,19). The molecule has 0 spiro atoms. The molecule has 1 aromatic heterocycles. The zero-order valence-electron chi connectivity index (χ0n) is 11.8. The van der Waals surface area contributed by atoms with Gasteiger partial charge in [-0.25, -0.2) is 4.79 Å². The van der Waals surface area contributed by atoms with Crippen LogP contribution in [0, 0.1) is 0 Å². The minimum Gasteiger partial charge on any atom is -0.478 e. The summed E-state index contributed by atoms with van der Waals surface area (Å²) in [6, 6.07) is 3.52. The molecular weight excluding hydrogens is 256 g/mol. The van der Waals surface area contributed by atoms with Gasteiger partial charge in [0.1, 0.15) is 12.0 Å². The van der Waals surface area contributed by atoms with E-state index in [9.17, 15) is 4.79 Å². The molecule has 5 nitrogen and oxygen atoms in total. The van der Waals surface area contributed by atoms with Crippen molar-refractivity contribution < 1.29 is 14.3 Å². The summed E-state index contributed by atoms with van der Waals surface area (Å²) in [6.45, 7) is 0.612. The van der Waals surface area contributed by atoms with Gasteiger partial charge in [-0.2, -0.15) is 0 Å². The quantitative estimate of drug-likeness (QED) is 0.882. The number of hydrogen-bond acceptors (Lipinski definition) is 4. The van der Waals surface area contributed by atoms with E-state index in [1.807, 2.05) is 0 Å². The average Bonchev–Trinajstić information content (AvgIpc) is 2.86. The van der Waals surface area contributed by atoms with Gasteiger partial charge < -0.3 is 19.7 Å². The third-order valence-corrected chi connectivity index (χ3v) is 4.81. The first-order valence-corrected chi connectivity index (χ1v) is 7.39. The number of nitrogens with one attached hydrogen (secondary N) is 1. The van der Waals surface area contributed by atoms with Crippen molar-refractivity contribution in [3.63, 3.8) is 0 Å². The fourth-order valence-electron chi connectivity index (χ4n) is 3.61. The van der Waals surface area contributed by atoms with Gasteiger partial charge in [0, 0.05) is 18.1 Å². The molecular formula is C15H22N2O3. The van der Waals surface area contributed by atoms with E-state index in [1.54, 1.807) is 6.07 Å². The number of carboxylic acid groups (broad SMARTS) is 1. The first-order chi connectivity index (χ1) is 9.63. The van der Waals surface area contributed by atoms with Gasteiger partial charge in [0.05, 0.1) is 12.1 Å². The van der Waals surface area contributed by atoms with E-state index in [2.05, 4.69) is 17.3 Å². The number of furan rings is 1. The van der Waals surface area contributed by atoms with Gasteiger partial charge in [0.2, 0.25) is 0 Å². The van der Waals surface area contributed by atoms with Crippen LogP contribution in [0.5, 0.6) is 0 Å². The number of carboxylic acids is 1. The molecule has 2 N–H and O–H groups in total. The molecule has 2 aliphatic rings. The lowest BCUT2D eigenvalue weighted by Crippen LogP contribution is -2.54. The summed E-state index contributed by atoms with van der Waals surface area (Å²) in [7, 11) is 2.25. The van der Waals surface area contributed by atoms with Crippen molar-refractivity contribution in [3.8, 4) is 0 Å². The Kier molecular flexibility index (Phi) is 3.81. The molecule has 110 valence electrons. The van der Waals surface area contributed by atoms with Gasteiger partial charge in [-0.05, 0) is 38.8 Å². The summed E-state index contributed by atoms with van der Waals surface area (Å²) < 4.78 is 5.28. The Bertz CT molecular complexity index is 471. The first-order valence-electron chi connectivity index (χ1n) is 7.39. The number of piperidine rings is 2. The Labute approximate surface area is 118 Å². The van der Waals surface area contributed by atoms with Gasteiger partial charge in [0.25, 0.3) is 0 Å². The second-order valence-electron chi connectivity index (χ2n) is 6.06. The minimum absolute atomic E-state index is 0.224. The van der Waals surface area contributed by atoms with Crippen LogP contribution in [-0.4, -0.2) is 41.1 Å². The Balaban J connectivity index is 1.55. The number of nitrogens with zero attached hydrogens (tertiary/aromatic N) is 1. The van der Waals surface area contributed by atoms with Crippen LogP contribution in [0.15, 0.2) is 16.7 Å². The van der Waals surface area contributed by atoms with E-state index in [4.69, 9.17) is 9.52 Å². The van der Waals surface area contributed by atoms with Crippen LogP contribution in [0.3, 0.4) is 0 Å². The van der Waals surface area contributed by atoms with Crippen LogP contribution in [-0.2, 0) is 6.54 Å². The fraction of sp³-hybridized carbons (Fsp3) is 0.667. The molecule has 3 rings (SSSR count). The van der Waals surface area contributed by atoms with Crippen LogP contribution in [0.25, 0.3) is 0 Å². The maximum atomic E-state index is 10.8. The monoisotopic (exact) mass is 278 g/mol. The van der Waals surface area contributed by atoms with Crippen molar-refractivity contribution in [1.29, 1.82) is 0 Å². The topological polar surface area (TPSA) is 65.7 Å². The third-order valence-electron chi connectivity index (χ3n) is 4.81. The molecule has 2 fully saturated rings. The average molecular weight is 278 g/mol. The van der Waals surface area contributed by atoms with Crippen molar-refractivity contribution in [3.05, 3.63) is 23.7 Å². The van der Waals surface area contributed by atoms with Crippen LogP contribution >= 0.6 is 0 Å². The van der Waals surface area contributed by atoms with Crippen LogP contribution in [0.1, 0.15) is 48.2 Å². The van der Waals surface area contributed by atoms with Gasteiger partial charge in [-0.3, -0.25) is 0 Å². The molecule has 0 saturated carbocycles. The van der Waals surface area contributed by atoms with Crippen molar-refractivity contribution in [2.45, 2.75) is 56.8 Å². The number of aromatic carboxylic acids is 1. The lowest BCUT2D eigenvalue weighted by atomic mass is 9.82. The molecule has 2 bridgehead atoms. The highest BCUT2D eigenvalue weighted by Crippen LogP contribution is 2.32. The Morgan fingerprint density at radius 2 is 2.15 bits per heavy atom. The van der Waals surface area contributed by atoms with Gasteiger partial charge in [-0.15, -0.1) is 0 Å². The second-order valence-corrected chi connectivity index (χ2v) is 6.06. The molecule has 2 unspecified atom stereocenters. The van der Waals surface area contributed by atoms with Crippen molar-refractivity contribution in [2.24, 2.45) is 0 Å². The molecule has 2 saturated heterocycles. The van der Waals surface area contributed by atoms with Crippen LogP contribution in [0.4, 0.5) is 0 Å². The van der Waals surface area contributed by atoms with Gasteiger partial charge >= 0.3 is 5.97 Å². The predicted molar refractivity (Wildman–Crippen MR) is 74.7 cm³/mol. The molecule has 3 heterocycles. The number of fused-ring (bicyclic) bond motifs is 2. The molecule has 2 atom stereocenters. The first kappa shape index (κ1) is 13.6. The highest BCUT2D eigenvalue weighted by Gasteiger charge is 2.35. The predicted octanol–water partition coefficient (Wildman–Crippen LogP) is 2.08. The smallest absolute Gasteiger partial charge is 0.338 e. The van der Waals surface area contributed by atoms with E-state index in [0.29, 0.717) is 30.4 Å². The number of hydrogen-bond donors (Lipinski definition) is 2. The molecule has 0 aromatic carbocycles. The van der Waals surface area contributed by atoms with Crippen molar-refractivity contribution >= 4 is 5.97 Å². The van der Waals surface area contributed by atoms with E-state index in [-0.39, 0.29) is 5.56 Å². The van der Waals surface area contributed by atoms with E-state index >= 15 is 0 Å². The summed E-state index contributed by atoms with van der Waals surface area (Å²) in [5.41, 5.74) is 0.224. The second kappa shape index (κ2) is 5.58. The zero-order chi connectivity index (χ0) is 14.1. The lowest BCUT2D eigenvalue weighted by molar-refractivity contribution is 0.0478. The highest BCUT2D eigenvalue weighted by molar-refractivity contribution is 5.87. The fourth-order valence-corrected chi connectivity index (χ4v) is 3.61. The zero-order valence-corrected chi connectivity index (χ0v) is 11.8. The molecule has 0 amide bonds. The van der Waals surface area contributed by atoms with Crippen LogP contribution in [0.2, 0.25) is 0 Å². The third kappa shape index (κ3) is 2.74. The SMILES string of the molecule is CN1C2CCCC1CC(NCc1cc(C(=O)O)co1)C2. The number of carbonyl (C=O) groups is 1. The molecule has 2 aliphatic heterocycles. The molecule has 0 radical (unpaired) electrons. The number of rotatable bonds is 4. The minimum atomic E-state index is -0.936. The Morgan fingerprint density at radius 3 is 2.75 bits per heavy atom. The van der Waals surface area contributed by atoms with Gasteiger partial charge in [-0.1, -0.05) is 6.42 Å². The normalized spacial score (nSPS) is 30.4. The highest BCUT2D eigenvalue weighted by atomic mass is 16.4. The van der Waals surface area contributed by atoms with E-state index in [0.717, 1.165) is 0 Å². The summed E-state index contributed by atoms with van der Waals surface area (Å²) >= 11 is 0. The summed E-state index contributed by atoms with van der Waals surface area (Å²) in [5.74, 6) is -0.236. The van der Waals surface area contributed by atoms with Crippen molar-refractivity contribution in [2.75, 3.05) is 7.05 Å². The van der Waals surface area contributed by atoms with E-state index < -0.39 is 5.97 Å². The molecule has 5 heteroatoms. The van der Waals surface area contributed by atoms with E-state index in [1.165, 1.54) is 38.4 Å². The van der Waals surface area contributed by atoms with Crippen molar-refractivity contribution in [1.82, 2.24) is 10.2 Å². The molecule has 0 aliphatic carbocycles. The Hall–Kier alpha value is -1.33. The molecule has 1 aromatic rings. The summed E-state index contributed by atoms with van der Waals surface area (Å²) in [5, 5.41) is 12.4. The van der Waals surface area contributed by atoms with Gasteiger partial charge in [0.15, 0.2) is 0 Å². The summed E-state index contributed by atoms with van der Waals surface area (Å²) in [6.07, 6.45) is 7.62. The lowest BCUT2D eigenvalue weighted by Gasteiger charge is -2.47. The maximum Gasteiger partial charge on any atom is 0.338 e. The van der Waals surface area contributed by atoms with Crippen LogP contribution < -0.4 is 5.32 Å². The summed E-state index contributed by atoms with van der Waals surface area (Å²) in [4.78, 5) is 13.3. The largest absolute Gasteiger partial charge is 0.478 e. The maximum absolute atomic E-state index is 10.8. The molecule has 20 heavy (non-hydrogen) atoms. The Morgan fingerprint density at radius 1 is 1.45 bits per heavy atom.